The van der Waals surface area contributed by atoms with Gasteiger partial charge in [0, 0.05) is 6.42 Å². The van der Waals surface area contributed by atoms with Gasteiger partial charge in [-0.05, 0) is 30.0 Å². The first-order chi connectivity index (χ1) is 10.8. The lowest BCUT2D eigenvalue weighted by atomic mass is 10.1. The highest BCUT2D eigenvalue weighted by atomic mass is 16.5. The molecule has 0 amide bonds. The number of aryl methyl sites for hydroxylation is 1. The summed E-state index contributed by atoms with van der Waals surface area (Å²) in [6, 6.07) is 6.22. The molecular weight excluding hydrogens is 280 g/mol. The number of esters is 1. The largest absolute Gasteiger partial charge is 0.493 e. The fraction of sp³-hybridized carbons (Fsp3) is 0.294. The average Bonchev–Trinajstić information content (AvgIpc) is 3.19. The maximum absolute atomic E-state index is 11.8. The standard InChI is InChI=1S/C17H16N2O3/c1-2-13-11-18-19-16(13)17(20)22-8-3-4-12-5-6-15-14(10-12)7-9-21-15/h1,5-6,10-11H,3-4,7-9H2,(H,18,19). The van der Waals surface area contributed by atoms with Crippen molar-refractivity contribution in [3.63, 3.8) is 0 Å². The molecule has 0 fully saturated rings. The van der Waals surface area contributed by atoms with E-state index in [0.29, 0.717) is 12.2 Å². The van der Waals surface area contributed by atoms with Crippen LogP contribution < -0.4 is 4.74 Å². The average molecular weight is 296 g/mol. The maximum atomic E-state index is 11.8. The number of H-pyrrole nitrogens is 1. The second kappa shape index (κ2) is 6.35. The Morgan fingerprint density at radius 1 is 1.50 bits per heavy atom. The molecule has 1 aliphatic heterocycles. The number of nitrogens with one attached hydrogen (secondary N) is 1. The van der Waals surface area contributed by atoms with Gasteiger partial charge in [-0.2, -0.15) is 5.10 Å². The zero-order chi connectivity index (χ0) is 15.4. The number of benzene rings is 1. The molecule has 0 saturated carbocycles. The van der Waals surface area contributed by atoms with Gasteiger partial charge in [-0.15, -0.1) is 6.42 Å². The monoisotopic (exact) mass is 296 g/mol. The van der Waals surface area contributed by atoms with Gasteiger partial charge < -0.3 is 9.47 Å². The van der Waals surface area contributed by atoms with Crippen LogP contribution in [0.3, 0.4) is 0 Å². The van der Waals surface area contributed by atoms with Gasteiger partial charge >= 0.3 is 5.97 Å². The van der Waals surface area contributed by atoms with Crippen molar-refractivity contribution in [2.75, 3.05) is 13.2 Å². The molecule has 112 valence electrons. The molecule has 2 aromatic rings. The summed E-state index contributed by atoms with van der Waals surface area (Å²) in [7, 11) is 0. The normalized spacial score (nSPS) is 12.3. The third-order valence-electron chi connectivity index (χ3n) is 3.60. The van der Waals surface area contributed by atoms with Crippen LogP contribution in [0.15, 0.2) is 24.4 Å². The van der Waals surface area contributed by atoms with Gasteiger partial charge in [0.2, 0.25) is 0 Å². The minimum absolute atomic E-state index is 0.233. The first-order valence-electron chi connectivity index (χ1n) is 7.19. The van der Waals surface area contributed by atoms with Gasteiger partial charge in [0.1, 0.15) is 5.75 Å². The van der Waals surface area contributed by atoms with Gasteiger partial charge in [0.25, 0.3) is 0 Å². The Balaban J connectivity index is 1.48. The van der Waals surface area contributed by atoms with E-state index in [2.05, 4.69) is 28.3 Å². The third-order valence-corrected chi connectivity index (χ3v) is 3.60. The Morgan fingerprint density at radius 2 is 2.41 bits per heavy atom. The SMILES string of the molecule is C#Cc1cn[nH]c1C(=O)OCCCc1ccc2c(c1)CCO2. The van der Waals surface area contributed by atoms with Crippen LogP contribution in [0, 0.1) is 12.3 Å². The van der Waals surface area contributed by atoms with E-state index in [4.69, 9.17) is 15.9 Å². The Labute approximate surface area is 128 Å². The van der Waals surface area contributed by atoms with Crippen molar-refractivity contribution in [2.24, 2.45) is 0 Å². The highest BCUT2D eigenvalue weighted by Crippen LogP contribution is 2.26. The lowest BCUT2D eigenvalue weighted by Gasteiger charge is -2.05. The molecular formula is C17H16N2O3. The predicted octanol–water partition coefficient (Wildman–Crippen LogP) is 2.12. The predicted molar refractivity (Wildman–Crippen MR) is 80.8 cm³/mol. The Morgan fingerprint density at radius 3 is 3.27 bits per heavy atom. The first kappa shape index (κ1) is 14.2. The Hall–Kier alpha value is -2.74. The fourth-order valence-electron chi connectivity index (χ4n) is 2.46. The van der Waals surface area contributed by atoms with E-state index >= 15 is 0 Å². The third kappa shape index (κ3) is 2.96. The number of aromatic amines is 1. The van der Waals surface area contributed by atoms with E-state index in [-0.39, 0.29) is 5.69 Å². The Bertz CT molecular complexity index is 728. The number of nitrogens with zero attached hydrogens (tertiary/aromatic N) is 1. The van der Waals surface area contributed by atoms with Crippen LogP contribution in [0.5, 0.6) is 5.75 Å². The molecule has 1 aromatic heterocycles. The molecule has 0 bridgehead atoms. The summed E-state index contributed by atoms with van der Waals surface area (Å²) < 4.78 is 10.7. The minimum Gasteiger partial charge on any atom is -0.493 e. The topological polar surface area (TPSA) is 64.2 Å². The minimum atomic E-state index is -0.465. The molecule has 1 aromatic carbocycles. The van der Waals surface area contributed by atoms with E-state index < -0.39 is 5.97 Å². The molecule has 0 unspecified atom stereocenters. The number of aromatic nitrogens is 2. The molecule has 5 heteroatoms. The maximum Gasteiger partial charge on any atom is 0.357 e. The molecule has 5 nitrogen and oxygen atoms in total. The summed E-state index contributed by atoms with van der Waals surface area (Å²) in [4.78, 5) is 11.8. The van der Waals surface area contributed by atoms with Crippen LogP contribution in [0.1, 0.15) is 33.6 Å². The molecule has 3 rings (SSSR count). The van der Waals surface area contributed by atoms with Crippen LogP contribution in [0.2, 0.25) is 0 Å². The van der Waals surface area contributed by atoms with Crippen LogP contribution in [-0.4, -0.2) is 29.4 Å². The molecule has 1 N–H and O–H groups in total. The molecule has 0 atom stereocenters. The van der Waals surface area contributed by atoms with Crippen LogP contribution in [0.25, 0.3) is 0 Å². The molecule has 0 saturated heterocycles. The van der Waals surface area contributed by atoms with Gasteiger partial charge in [-0.25, -0.2) is 4.79 Å². The fourth-order valence-corrected chi connectivity index (χ4v) is 2.46. The van der Waals surface area contributed by atoms with Crippen LogP contribution in [0.4, 0.5) is 0 Å². The smallest absolute Gasteiger partial charge is 0.357 e. The molecule has 0 radical (unpaired) electrons. The first-order valence-corrected chi connectivity index (χ1v) is 7.19. The number of terminal acetylenes is 1. The van der Waals surface area contributed by atoms with Crippen molar-refractivity contribution in [1.82, 2.24) is 10.2 Å². The lowest BCUT2D eigenvalue weighted by Crippen LogP contribution is -2.09. The molecule has 1 aliphatic rings. The van der Waals surface area contributed by atoms with Crippen molar-refractivity contribution in [3.8, 4) is 18.1 Å². The van der Waals surface area contributed by atoms with Crippen molar-refractivity contribution in [1.29, 1.82) is 0 Å². The Kier molecular flexibility index (Phi) is 4.10. The van der Waals surface area contributed by atoms with Crippen LogP contribution >= 0.6 is 0 Å². The van der Waals surface area contributed by atoms with E-state index in [1.807, 2.05) is 6.07 Å². The zero-order valence-electron chi connectivity index (χ0n) is 12.1. The summed E-state index contributed by atoms with van der Waals surface area (Å²) in [5, 5.41) is 6.31. The number of ether oxygens (including phenoxy) is 2. The van der Waals surface area contributed by atoms with Crippen molar-refractivity contribution in [3.05, 3.63) is 46.8 Å². The van der Waals surface area contributed by atoms with E-state index in [9.17, 15) is 4.79 Å². The highest BCUT2D eigenvalue weighted by molar-refractivity contribution is 5.89. The summed E-state index contributed by atoms with van der Waals surface area (Å²) in [6.45, 7) is 1.10. The van der Waals surface area contributed by atoms with Gasteiger partial charge in [-0.1, -0.05) is 18.1 Å². The summed E-state index contributed by atoms with van der Waals surface area (Å²) in [5.41, 5.74) is 3.14. The highest BCUT2D eigenvalue weighted by Gasteiger charge is 2.14. The van der Waals surface area contributed by atoms with Gasteiger partial charge in [-0.3, -0.25) is 5.10 Å². The number of hydrogen-bond donors (Lipinski definition) is 1. The summed E-state index contributed by atoms with van der Waals surface area (Å²) in [6.07, 6.45) is 9.29. The van der Waals surface area contributed by atoms with Gasteiger partial charge in [0.15, 0.2) is 5.69 Å². The number of fused-ring (bicyclic) bond motifs is 1. The van der Waals surface area contributed by atoms with E-state index in [0.717, 1.165) is 31.6 Å². The number of hydrogen-bond acceptors (Lipinski definition) is 4. The number of carbonyl (C=O) groups is 1. The quantitative estimate of drug-likeness (QED) is 0.521. The zero-order valence-corrected chi connectivity index (χ0v) is 12.1. The van der Waals surface area contributed by atoms with Gasteiger partial charge in [0.05, 0.1) is 25.0 Å². The molecule has 0 aliphatic carbocycles. The number of rotatable bonds is 5. The molecule has 2 heterocycles. The van der Waals surface area contributed by atoms with Crippen molar-refractivity contribution in [2.45, 2.75) is 19.3 Å². The second-order valence-corrected chi connectivity index (χ2v) is 5.08. The van der Waals surface area contributed by atoms with Crippen molar-refractivity contribution < 1.29 is 14.3 Å². The summed E-state index contributed by atoms with van der Waals surface area (Å²) >= 11 is 0. The molecule has 0 spiro atoms. The van der Waals surface area contributed by atoms with E-state index in [1.165, 1.54) is 17.3 Å². The lowest BCUT2D eigenvalue weighted by molar-refractivity contribution is 0.0493. The summed E-state index contributed by atoms with van der Waals surface area (Å²) in [5.74, 6) is 2.91. The second-order valence-electron chi connectivity index (χ2n) is 5.08. The van der Waals surface area contributed by atoms with Crippen molar-refractivity contribution >= 4 is 5.97 Å². The van der Waals surface area contributed by atoms with Crippen LogP contribution in [-0.2, 0) is 17.6 Å². The number of carbonyl (C=O) groups excluding carboxylic acids is 1. The molecule has 22 heavy (non-hydrogen) atoms. The van der Waals surface area contributed by atoms with E-state index in [1.54, 1.807) is 0 Å².